The molecule has 0 rings (SSSR count). The van der Waals surface area contributed by atoms with Gasteiger partial charge in [0.25, 0.3) is 5.91 Å². The van der Waals surface area contributed by atoms with E-state index >= 15 is 0 Å². The number of rotatable bonds is 5. The molecule has 62 valence electrons. The molecule has 0 aromatic rings. The number of hydrogen-bond acceptors (Lipinski definition) is 3. The lowest BCUT2D eigenvalue weighted by Gasteiger charge is -1.93. The van der Waals surface area contributed by atoms with Crippen molar-refractivity contribution in [3.63, 3.8) is 0 Å². The fourth-order valence-electron chi connectivity index (χ4n) is 0.633. The largest absolute Gasteiger partial charge is 0.363 e. The van der Waals surface area contributed by atoms with Crippen molar-refractivity contribution in [2.24, 2.45) is 5.73 Å². The Morgan fingerprint density at radius 1 is 1.27 bits per heavy atom. The van der Waals surface area contributed by atoms with Crippen molar-refractivity contribution in [2.45, 2.75) is 26.2 Å². The second-order valence-corrected chi connectivity index (χ2v) is 2.25. The molecule has 2 N–H and O–H groups in total. The van der Waals surface area contributed by atoms with Crippen LogP contribution >= 0.6 is 0 Å². The van der Waals surface area contributed by atoms with Gasteiger partial charge in [-0.05, 0) is 6.42 Å². The van der Waals surface area contributed by atoms with E-state index in [1.807, 2.05) is 6.92 Å². The maximum Gasteiger partial charge on any atom is 0.285 e. The molecule has 0 aliphatic carbocycles. The molecule has 0 fully saturated rings. The molecule has 0 spiro atoms. The molecule has 1 amide bonds. The van der Waals surface area contributed by atoms with E-state index in [4.69, 9.17) is 0 Å². The van der Waals surface area contributed by atoms with Crippen molar-refractivity contribution in [3.05, 3.63) is 0 Å². The molecule has 11 heavy (non-hydrogen) atoms. The standard InChI is InChI=1S/C7H11NO3/c1-2-3-5(9)4-6(10)7(8)11/h2-4H2,1H3,(H2,8,11). The summed E-state index contributed by atoms with van der Waals surface area (Å²) in [5, 5.41) is 0. The van der Waals surface area contributed by atoms with Crippen molar-refractivity contribution in [1.29, 1.82) is 0 Å². The van der Waals surface area contributed by atoms with Crippen LogP contribution in [-0.4, -0.2) is 17.5 Å². The zero-order valence-corrected chi connectivity index (χ0v) is 6.42. The van der Waals surface area contributed by atoms with Crippen LogP contribution in [0, 0.1) is 0 Å². The predicted octanol–water partition coefficient (Wildman–Crippen LogP) is -0.200. The monoisotopic (exact) mass is 157 g/mol. The van der Waals surface area contributed by atoms with Crippen LogP contribution < -0.4 is 5.73 Å². The van der Waals surface area contributed by atoms with E-state index in [2.05, 4.69) is 5.73 Å². The summed E-state index contributed by atoms with van der Waals surface area (Å²) >= 11 is 0. The van der Waals surface area contributed by atoms with Gasteiger partial charge in [-0.1, -0.05) is 6.92 Å². The summed E-state index contributed by atoms with van der Waals surface area (Å²) < 4.78 is 0. The molecular formula is C7H11NO3. The predicted molar refractivity (Wildman–Crippen MR) is 38.7 cm³/mol. The van der Waals surface area contributed by atoms with Gasteiger partial charge in [0.15, 0.2) is 0 Å². The van der Waals surface area contributed by atoms with Crippen LogP contribution in [0.4, 0.5) is 0 Å². The van der Waals surface area contributed by atoms with Crippen molar-refractivity contribution in [1.82, 2.24) is 0 Å². The minimum atomic E-state index is -1.03. The SMILES string of the molecule is CCCC(=O)CC(=O)C(N)=O. The van der Waals surface area contributed by atoms with E-state index in [0.717, 1.165) is 0 Å². The Balaban J connectivity index is 3.76. The average Bonchev–Trinajstić information content (AvgIpc) is 1.87. The molecule has 4 heteroatoms. The van der Waals surface area contributed by atoms with Crippen LogP contribution in [0.5, 0.6) is 0 Å². The summed E-state index contributed by atoms with van der Waals surface area (Å²) in [6.07, 6.45) is 0.674. The Morgan fingerprint density at radius 2 is 1.82 bits per heavy atom. The number of carbonyl (C=O) groups is 3. The zero-order chi connectivity index (χ0) is 8.85. The lowest BCUT2D eigenvalue weighted by atomic mass is 10.1. The Labute approximate surface area is 64.8 Å². The zero-order valence-electron chi connectivity index (χ0n) is 6.42. The van der Waals surface area contributed by atoms with Gasteiger partial charge in [0, 0.05) is 6.42 Å². The molecule has 0 saturated carbocycles. The van der Waals surface area contributed by atoms with Crippen LogP contribution in [0.2, 0.25) is 0 Å². The minimum Gasteiger partial charge on any atom is -0.363 e. The summed E-state index contributed by atoms with van der Waals surface area (Å²) in [6.45, 7) is 1.83. The number of carbonyl (C=O) groups excluding carboxylic acids is 3. The van der Waals surface area contributed by atoms with E-state index in [9.17, 15) is 14.4 Å². The van der Waals surface area contributed by atoms with Crippen LogP contribution in [0.1, 0.15) is 26.2 Å². The van der Waals surface area contributed by atoms with Gasteiger partial charge >= 0.3 is 0 Å². The molecule has 0 aromatic heterocycles. The number of ketones is 2. The Kier molecular flexibility index (Phi) is 4.10. The van der Waals surface area contributed by atoms with E-state index < -0.39 is 11.7 Å². The fourth-order valence-corrected chi connectivity index (χ4v) is 0.633. The molecular weight excluding hydrogens is 146 g/mol. The number of nitrogens with two attached hydrogens (primary N) is 1. The van der Waals surface area contributed by atoms with Crippen LogP contribution in [0.25, 0.3) is 0 Å². The lowest BCUT2D eigenvalue weighted by molar-refractivity contribution is -0.138. The minimum absolute atomic E-state index is 0.226. The third-order valence-electron chi connectivity index (χ3n) is 1.16. The molecule has 4 nitrogen and oxygen atoms in total. The van der Waals surface area contributed by atoms with E-state index in [1.54, 1.807) is 0 Å². The van der Waals surface area contributed by atoms with Gasteiger partial charge in [0.1, 0.15) is 5.78 Å². The fraction of sp³-hybridized carbons (Fsp3) is 0.571. The molecule has 0 atom stereocenters. The van der Waals surface area contributed by atoms with Crippen LogP contribution in [0.15, 0.2) is 0 Å². The normalized spacial score (nSPS) is 9.18. The highest BCUT2D eigenvalue weighted by atomic mass is 16.2. The molecule has 0 bridgehead atoms. The first kappa shape index (κ1) is 9.81. The summed E-state index contributed by atoms with van der Waals surface area (Å²) in [5.74, 6) is -2.06. The molecule has 0 saturated heterocycles. The highest BCUT2D eigenvalue weighted by molar-refractivity contribution is 6.38. The third-order valence-corrected chi connectivity index (χ3v) is 1.16. The third kappa shape index (κ3) is 4.25. The van der Waals surface area contributed by atoms with Gasteiger partial charge in [-0.2, -0.15) is 0 Å². The Hall–Kier alpha value is -1.19. The van der Waals surface area contributed by atoms with Crippen molar-refractivity contribution >= 4 is 17.5 Å². The van der Waals surface area contributed by atoms with Gasteiger partial charge in [-0.25, -0.2) is 0 Å². The van der Waals surface area contributed by atoms with Gasteiger partial charge in [0.05, 0.1) is 6.42 Å². The summed E-state index contributed by atoms with van der Waals surface area (Å²) in [7, 11) is 0. The van der Waals surface area contributed by atoms with Gasteiger partial charge in [-0.3, -0.25) is 14.4 Å². The van der Waals surface area contributed by atoms with E-state index in [0.29, 0.717) is 12.8 Å². The quantitative estimate of drug-likeness (QED) is 0.443. The number of amides is 1. The van der Waals surface area contributed by atoms with E-state index in [-0.39, 0.29) is 12.2 Å². The second kappa shape index (κ2) is 4.60. The number of hydrogen-bond donors (Lipinski definition) is 1. The number of primary amides is 1. The highest BCUT2D eigenvalue weighted by Gasteiger charge is 2.13. The first-order chi connectivity index (χ1) is 5.07. The smallest absolute Gasteiger partial charge is 0.285 e. The van der Waals surface area contributed by atoms with Gasteiger partial charge in [-0.15, -0.1) is 0 Å². The topological polar surface area (TPSA) is 77.2 Å². The molecule has 0 aliphatic rings. The van der Waals surface area contributed by atoms with E-state index in [1.165, 1.54) is 0 Å². The first-order valence-corrected chi connectivity index (χ1v) is 3.42. The van der Waals surface area contributed by atoms with Crippen molar-refractivity contribution in [2.75, 3.05) is 0 Å². The van der Waals surface area contributed by atoms with Crippen LogP contribution in [-0.2, 0) is 14.4 Å². The summed E-state index contributed by atoms with van der Waals surface area (Å²) in [4.78, 5) is 31.4. The highest BCUT2D eigenvalue weighted by Crippen LogP contribution is 1.94. The molecule has 0 unspecified atom stereocenters. The van der Waals surface area contributed by atoms with Crippen molar-refractivity contribution < 1.29 is 14.4 Å². The summed E-state index contributed by atoms with van der Waals surface area (Å²) in [5.41, 5.74) is 4.64. The average molecular weight is 157 g/mol. The maximum atomic E-state index is 10.7. The molecule has 0 aromatic carbocycles. The number of Topliss-reactive ketones (excluding diaryl/α,β-unsaturated/α-hetero) is 2. The van der Waals surface area contributed by atoms with Crippen LogP contribution in [0.3, 0.4) is 0 Å². The van der Waals surface area contributed by atoms with Gasteiger partial charge in [0.2, 0.25) is 5.78 Å². The molecule has 0 radical (unpaired) electrons. The molecule has 0 heterocycles. The summed E-state index contributed by atoms with van der Waals surface area (Å²) in [6, 6.07) is 0. The van der Waals surface area contributed by atoms with Crippen molar-refractivity contribution in [3.8, 4) is 0 Å². The first-order valence-electron chi connectivity index (χ1n) is 3.42. The Morgan fingerprint density at radius 3 is 2.18 bits per heavy atom. The Bertz CT molecular complexity index is 186. The lowest BCUT2D eigenvalue weighted by Crippen LogP contribution is -2.25. The second-order valence-electron chi connectivity index (χ2n) is 2.25. The maximum absolute atomic E-state index is 10.7. The van der Waals surface area contributed by atoms with Gasteiger partial charge < -0.3 is 5.73 Å². The molecule has 0 aliphatic heterocycles.